The Bertz CT molecular complexity index is 473. The molecule has 0 spiro atoms. The second-order valence-electron chi connectivity index (χ2n) is 3.78. The van der Waals surface area contributed by atoms with E-state index in [1.807, 2.05) is 17.9 Å². The van der Waals surface area contributed by atoms with Crippen molar-refractivity contribution in [1.82, 2.24) is 15.1 Å². The predicted octanol–water partition coefficient (Wildman–Crippen LogP) is 3.34. The van der Waals surface area contributed by atoms with Gasteiger partial charge in [0.1, 0.15) is 0 Å². The molecule has 3 nitrogen and oxygen atoms in total. The maximum atomic E-state index is 4.15. The third kappa shape index (κ3) is 3.91. The van der Waals surface area contributed by atoms with Crippen LogP contribution in [0.15, 0.2) is 26.7 Å². The zero-order valence-electron chi connectivity index (χ0n) is 9.41. The molecule has 6 heteroatoms. The van der Waals surface area contributed by atoms with Crippen molar-refractivity contribution in [2.24, 2.45) is 7.05 Å². The van der Waals surface area contributed by atoms with Gasteiger partial charge in [-0.15, -0.1) is 11.3 Å². The molecule has 0 aliphatic carbocycles. The zero-order valence-corrected chi connectivity index (χ0v) is 13.4. The Kier molecular flexibility index (Phi) is 4.78. The van der Waals surface area contributed by atoms with Gasteiger partial charge in [0.15, 0.2) is 0 Å². The molecule has 0 fully saturated rings. The quantitative estimate of drug-likeness (QED) is 0.808. The maximum Gasteiger partial charge on any atom is 0.0843 e. The fourth-order valence-corrected chi connectivity index (χ4v) is 3.67. The van der Waals surface area contributed by atoms with Gasteiger partial charge in [-0.1, -0.05) is 0 Å². The molecule has 2 heterocycles. The fourth-order valence-electron chi connectivity index (χ4n) is 1.52. The standard InChI is InChI=1S/C11H13Br2N3S/c1-16-7-8(5-15-16)2-3-14-6-9-4-10(12)11(13)17-9/h4-5,7,14H,2-3,6H2,1H3. The lowest BCUT2D eigenvalue weighted by atomic mass is 10.2. The van der Waals surface area contributed by atoms with Crippen LogP contribution < -0.4 is 5.32 Å². The van der Waals surface area contributed by atoms with Crippen LogP contribution in [0.5, 0.6) is 0 Å². The van der Waals surface area contributed by atoms with Crippen LogP contribution in [-0.2, 0) is 20.0 Å². The summed E-state index contributed by atoms with van der Waals surface area (Å²) in [7, 11) is 1.94. The van der Waals surface area contributed by atoms with Crippen LogP contribution in [0.25, 0.3) is 0 Å². The minimum Gasteiger partial charge on any atom is -0.312 e. The Hall–Kier alpha value is -0.170. The molecule has 0 saturated heterocycles. The van der Waals surface area contributed by atoms with Gasteiger partial charge in [0.05, 0.1) is 9.98 Å². The summed E-state index contributed by atoms with van der Waals surface area (Å²) in [5, 5.41) is 7.58. The van der Waals surface area contributed by atoms with Gasteiger partial charge >= 0.3 is 0 Å². The number of aryl methyl sites for hydroxylation is 1. The Morgan fingerprint density at radius 3 is 2.88 bits per heavy atom. The number of nitrogens with zero attached hydrogens (tertiary/aromatic N) is 2. The second-order valence-corrected chi connectivity index (χ2v) is 7.09. The molecule has 2 rings (SSSR count). The van der Waals surface area contributed by atoms with Crippen LogP contribution in [0.3, 0.4) is 0 Å². The second kappa shape index (κ2) is 6.13. The molecule has 0 aliphatic rings. The topological polar surface area (TPSA) is 29.9 Å². The fraction of sp³-hybridized carbons (Fsp3) is 0.364. The smallest absolute Gasteiger partial charge is 0.0843 e. The number of thiophene rings is 1. The maximum absolute atomic E-state index is 4.15. The monoisotopic (exact) mass is 377 g/mol. The molecule has 0 aromatic carbocycles. The Morgan fingerprint density at radius 1 is 1.47 bits per heavy atom. The minimum atomic E-state index is 0.912. The Balaban J connectivity index is 1.73. The molecule has 0 radical (unpaired) electrons. The van der Waals surface area contributed by atoms with E-state index in [0.29, 0.717) is 0 Å². The minimum absolute atomic E-state index is 0.912. The van der Waals surface area contributed by atoms with Crippen molar-refractivity contribution in [2.45, 2.75) is 13.0 Å². The largest absolute Gasteiger partial charge is 0.312 e. The predicted molar refractivity (Wildman–Crippen MR) is 78.3 cm³/mol. The molecule has 0 unspecified atom stereocenters. The summed E-state index contributed by atoms with van der Waals surface area (Å²) in [5.74, 6) is 0. The van der Waals surface area contributed by atoms with E-state index >= 15 is 0 Å². The van der Waals surface area contributed by atoms with Crippen LogP contribution in [0, 0.1) is 0 Å². The van der Waals surface area contributed by atoms with Gasteiger partial charge in [-0.05, 0) is 56.5 Å². The molecule has 0 aliphatic heterocycles. The van der Waals surface area contributed by atoms with Gasteiger partial charge in [0, 0.05) is 29.1 Å². The van der Waals surface area contributed by atoms with Gasteiger partial charge in [-0.25, -0.2) is 0 Å². The van der Waals surface area contributed by atoms with Crippen LogP contribution in [0.2, 0.25) is 0 Å². The number of hydrogen-bond acceptors (Lipinski definition) is 3. The van der Waals surface area contributed by atoms with Gasteiger partial charge in [-0.2, -0.15) is 5.10 Å². The third-order valence-electron chi connectivity index (χ3n) is 2.34. The summed E-state index contributed by atoms with van der Waals surface area (Å²) in [5.41, 5.74) is 1.27. The molecule has 0 bridgehead atoms. The summed E-state index contributed by atoms with van der Waals surface area (Å²) in [6.45, 7) is 1.88. The molecule has 0 atom stereocenters. The first-order chi connectivity index (χ1) is 8.15. The highest BCUT2D eigenvalue weighted by Gasteiger charge is 2.03. The van der Waals surface area contributed by atoms with E-state index in [0.717, 1.165) is 27.8 Å². The first-order valence-corrected chi connectivity index (χ1v) is 7.67. The van der Waals surface area contributed by atoms with E-state index < -0.39 is 0 Å². The SMILES string of the molecule is Cn1cc(CCNCc2cc(Br)c(Br)s2)cn1. The highest BCUT2D eigenvalue weighted by atomic mass is 79.9. The Labute approximate surface area is 121 Å². The highest BCUT2D eigenvalue weighted by molar-refractivity contribution is 9.13. The van der Waals surface area contributed by atoms with Crippen molar-refractivity contribution in [1.29, 1.82) is 0 Å². The normalized spacial score (nSPS) is 11.0. The van der Waals surface area contributed by atoms with Gasteiger partial charge in [-0.3, -0.25) is 4.68 Å². The summed E-state index contributed by atoms with van der Waals surface area (Å²) >= 11 is 8.74. The van der Waals surface area contributed by atoms with Gasteiger partial charge < -0.3 is 5.32 Å². The van der Waals surface area contributed by atoms with Gasteiger partial charge in [0.25, 0.3) is 0 Å². The van der Waals surface area contributed by atoms with E-state index in [1.54, 1.807) is 11.3 Å². The van der Waals surface area contributed by atoms with E-state index in [2.05, 4.69) is 54.5 Å². The molecule has 2 aromatic heterocycles. The molecule has 92 valence electrons. The number of aromatic nitrogens is 2. The summed E-state index contributed by atoms with van der Waals surface area (Å²) in [4.78, 5) is 1.33. The van der Waals surface area contributed by atoms with Crippen molar-refractivity contribution in [2.75, 3.05) is 6.54 Å². The molecule has 2 aromatic rings. The first-order valence-electron chi connectivity index (χ1n) is 5.27. The summed E-state index contributed by atoms with van der Waals surface area (Å²) < 4.78 is 4.12. The van der Waals surface area contributed by atoms with E-state index in [1.165, 1.54) is 10.4 Å². The molecular weight excluding hydrogens is 366 g/mol. The lowest BCUT2D eigenvalue weighted by Crippen LogP contribution is -2.15. The van der Waals surface area contributed by atoms with Crippen molar-refractivity contribution in [3.8, 4) is 0 Å². The third-order valence-corrected chi connectivity index (χ3v) is 5.60. The molecular formula is C11H13Br2N3S. The summed E-state index contributed by atoms with van der Waals surface area (Å²) in [6, 6.07) is 2.14. The van der Waals surface area contributed by atoms with E-state index in [4.69, 9.17) is 0 Å². The van der Waals surface area contributed by atoms with Crippen molar-refractivity contribution in [3.63, 3.8) is 0 Å². The van der Waals surface area contributed by atoms with Crippen molar-refractivity contribution in [3.05, 3.63) is 37.2 Å². The number of hydrogen-bond donors (Lipinski definition) is 1. The van der Waals surface area contributed by atoms with Crippen LogP contribution >= 0.6 is 43.2 Å². The molecule has 0 amide bonds. The highest BCUT2D eigenvalue weighted by Crippen LogP contribution is 2.32. The zero-order chi connectivity index (χ0) is 12.3. The lowest BCUT2D eigenvalue weighted by Gasteiger charge is -2.00. The van der Waals surface area contributed by atoms with E-state index in [9.17, 15) is 0 Å². The van der Waals surface area contributed by atoms with Crippen LogP contribution in [-0.4, -0.2) is 16.3 Å². The van der Waals surface area contributed by atoms with Crippen LogP contribution in [0.1, 0.15) is 10.4 Å². The van der Waals surface area contributed by atoms with Crippen molar-refractivity contribution >= 4 is 43.2 Å². The van der Waals surface area contributed by atoms with Gasteiger partial charge in [0.2, 0.25) is 0 Å². The van der Waals surface area contributed by atoms with Crippen LogP contribution in [0.4, 0.5) is 0 Å². The number of nitrogens with one attached hydrogen (secondary N) is 1. The van der Waals surface area contributed by atoms with E-state index in [-0.39, 0.29) is 0 Å². The first kappa shape index (κ1) is 13.3. The molecule has 17 heavy (non-hydrogen) atoms. The number of rotatable bonds is 5. The Morgan fingerprint density at radius 2 is 2.29 bits per heavy atom. The molecule has 1 N–H and O–H groups in total. The average molecular weight is 379 g/mol. The average Bonchev–Trinajstić information content (AvgIpc) is 2.82. The lowest BCUT2D eigenvalue weighted by molar-refractivity contribution is 0.692. The summed E-state index contributed by atoms with van der Waals surface area (Å²) in [6.07, 6.45) is 4.99. The van der Waals surface area contributed by atoms with Crippen molar-refractivity contribution < 1.29 is 0 Å². The number of halogens is 2. The molecule has 0 saturated carbocycles.